The lowest BCUT2D eigenvalue weighted by atomic mass is 9.89. The minimum Gasteiger partial charge on any atom is -0.480 e. The zero-order valence-electron chi connectivity index (χ0n) is 9.17. The molecule has 1 aliphatic heterocycles. The molecule has 1 atom stereocenters. The van der Waals surface area contributed by atoms with Gasteiger partial charge in [0, 0.05) is 17.0 Å². The summed E-state index contributed by atoms with van der Waals surface area (Å²) in [6, 6.07) is 4.38. The first-order chi connectivity index (χ1) is 8.05. The molecule has 0 radical (unpaired) electrons. The Labute approximate surface area is 104 Å². The van der Waals surface area contributed by atoms with Crippen molar-refractivity contribution < 1.29 is 14.3 Å². The number of rotatable bonds is 3. The van der Waals surface area contributed by atoms with Crippen LogP contribution in [0.5, 0.6) is 0 Å². The molecule has 5 heteroatoms. The van der Waals surface area contributed by atoms with Crippen LogP contribution in [0.25, 0.3) is 0 Å². The molecule has 1 aromatic rings. The van der Waals surface area contributed by atoms with E-state index in [9.17, 15) is 14.3 Å². The maximum Gasteiger partial charge on any atom is 0.324 e. The third-order valence-corrected chi connectivity index (χ3v) is 3.55. The van der Waals surface area contributed by atoms with Crippen LogP contribution in [0.4, 0.5) is 4.39 Å². The summed E-state index contributed by atoms with van der Waals surface area (Å²) in [6.07, 6.45) is 1.35. The zero-order chi connectivity index (χ0) is 12.5. The molecule has 1 heterocycles. The Morgan fingerprint density at radius 2 is 2.35 bits per heavy atom. The molecule has 3 nitrogen and oxygen atoms in total. The van der Waals surface area contributed by atoms with Crippen molar-refractivity contribution in [3.8, 4) is 0 Å². The van der Waals surface area contributed by atoms with E-state index in [1.807, 2.05) is 0 Å². The van der Waals surface area contributed by atoms with Gasteiger partial charge in [0.1, 0.15) is 11.4 Å². The van der Waals surface area contributed by atoms with E-state index in [0.29, 0.717) is 13.0 Å². The summed E-state index contributed by atoms with van der Waals surface area (Å²) < 4.78 is 13.6. The Kier molecular flexibility index (Phi) is 3.35. The molecule has 1 fully saturated rings. The monoisotopic (exact) mass is 257 g/mol. The number of hydrogen-bond acceptors (Lipinski definition) is 2. The van der Waals surface area contributed by atoms with E-state index >= 15 is 0 Å². The molecular formula is C12H13ClFNO2. The summed E-state index contributed by atoms with van der Waals surface area (Å²) in [4.78, 5) is 11.3. The lowest BCUT2D eigenvalue weighted by molar-refractivity contribution is -0.144. The zero-order valence-corrected chi connectivity index (χ0v) is 9.93. The largest absolute Gasteiger partial charge is 0.480 e. The summed E-state index contributed by atoms with van der Waals surface area (Å²) in [7, 11) is 0. The molecule has 0 spiro atoms. The van der Waals surface area contributed by atoms with Gasteiger partial charge in [-0.15, -0.1) is 0 Å². The Balaban J connectivity index is 2.33. The van der Waals surface area contributed by atoms with Gasteiger partial charge in [-0.1, -0.05) is 17.7 Å². The topological polar surface area (TPSA) is 49.3 Å². The minimum atomic E-state index is -1.08. The van der Waals surface area contributed by atoms with Crippen LogP contribution in [0.2, 0.25) is 5.02 Å². The lowest BCUT2D eigenvalue weighted by Gasteiger charge is -2.25. The highest BCUT2D eigenvalue weighted by atomic mass is 35.5. The van der Waals surface area contributed by atoms with Crippen LogP contribution in [-0.4, -0.2) is 23.2 Å². The number of benzene rings is 1. The van der Waals surface area contributed by atoms with Crippen LogP contribution in [0, 0.1) is 5.82 Å². The first kappa shape index (κ1) is 12.3. The van der Waals surface area contributed by atoms with Gasteiger partial charge in [0.2, 0.25) is 0 Å². The van der Waals surface area contributed by atoms with Crippen molar-refractivity contribution in [2.45, 2.75) is 24.8 Å². The van der Waals surface area contributed by atoms with E-state index in [-0.39, 0.29) is 17.0 Å². The molecule has 0 bridgehead atoms. The number of carboxylic acid groups (broad SMARTS) is 1. The van der Waals surface area contributed by atoms with Gasteiger partial charge < -0.3 is 10.4 Å². The quantitative estimate of drug-likeness (QED) is 0.873. The summed E-state index contributed by atoms with van der Waals surface area (Å²) in [6.45, 7) is 0.637. The second-order valence-electron chi connectivity index (χ2n) is 4.29. The summed E-state index contributed by atoms with van der Waals surface area (Å²) in [5.74, 6) is -1.40. The lowest BCUT2D eigenvalue weighted by Crippen LogP contribution is -2.49. The number of carbonyl (C=O) groups is 1. The molecule has 2 N–H and O–H groups in total. The average molecular weight is 258 g/mol. The van der Waals surface area contributed by atoms with Gasteiger partial charge in [0.15, 0.2) is 0 Å². The molecule has 1 aromatic carbocycles. The fourth-order valence-electron chi connectivity index (χ4n) is 2.22. The minimum absolute atomic E-state index is 0.0772. The van der Waals surface area contributed by atoms with Gasteiger partial charge in [-0.3, -0.25) is 4.79 Å². The van der Waals surface area contributed by atoms with Crippen molar-refractivity contribution in [1.29, 1.82) is 0 Å². The van der Waals surface area contributed by atoms with Crippen LogP contribution in [0.3, 0.4) is 0 Å². The van der Waals surface area contributed by atoms with Crippen LogP contribution < -0.4 is 5.32 Å². The van der Waals surface area contributed by atoms with Crippen molar-refractivity contribution in [1.82, 2.24) is 5.32 Å². The highest BCUT2D eigenvalue weighted by Crippen LogP contribution is 2.29. The first-order valence-electron chi connectivity index (χ1n) is 5.46. The highest BCUT2D eigenvalue weighted by molar-refractivity contribution is 6.31. The fourth-order valence-corrected chi connectivity index (χ4v) is 2.45. The van der Waals surface area contributed by atoms with E-state index < -0.39 is 17.3 Å². The Morgan fingerprint density at radius 1 is 1.59 bits per heavy atom. The smallest absolute Gasteiger partial charge is 0.324 e. The van der Waals surface area contributed by atoms with Gasteiger partial charge in [0.25, 0.3) is 0 Å². The van der Waals surface area contributed by atoms with E-state index in [1.54, 1.807) is 6.07 Å². The summed E-state index contributed by atoms with van der Waals surface area (Å²) >= 11 is 5.91. The fraction of sp³-hybridized carbons (Fsp3) is 0.417. The molecule has 0 aromatic heterocycles. The van der Waals surface area contributed by atoms with Gasteiger partial charge >= 0.3 is 5.97 Å². The molecule has 1 aliphatic rings. The third kappa shape index (κ3) is 2.28. The number of carboxylic acids is 1. The molecule has 2 rings (SSSR count). The van der Waals surface area contributed by atoms with Gasteiger partial charge in [-0.05, 0) is 31.5 Å². The molecular weight excluding hydrogens is 245 g/mol. The van der Waals surface area contributed by atoms with Crippen molar-refractivity contribution in [3.63, 3.8) is 0 Å². The van der Waals surface area contributed by atoms with Crippen molar-refractivity contribution in [2.24, 2.45) is 0 Å². The van der Waals surface area contributed by atoms with Gasteiger partial charge in [-0.2, -0.15) is 0 Å². The first-order valence-corrected chi connectivity index (χ1v) is 5.84. The van der Waals surface area contributed by atoms with Crippen LogP contribution in [0.1, 0.15) is 18.4 Å². The Morgan fingerprint density at radius 3 is 2.88 bits per heavy atom. The SMILES string of the molecule is O=C(O)C1(Cc2c(F)cccc2Cl)CCCN1. The molecule has 92 valence electrons. The maximum absolute atomic E-state index is 13.6. The molecule has 0 amide bonds. The Bertz CT molecular complexity index is 424. The van der Waals surface area contributed by atoms with Crippen LogP contribution in [0.15, 0.2) is 18.2 Å². The second-order valence-corrected chi connectivity index (χ2v) is 4.70. The number of nitrogens with one attached hydrogen (secondary N) is 1. The van der Waals surface area contributed by atoms with Crippen LogP contribution in [-0.2, 0) is 11.2 Å². The summed E-state index contributed by atoms with van der Waals surface area (Å²) in [5, 5.41) is 12.5. The third-order valence-electron chi connectivity index (χ3n) is 3.19. The molecule has 17 heavy (non-hydrogen) atoms. The second kappa shape index (κ2) is 4.63. The van der Waals surface area contributed by atoms with Crippen LogP contribution >= 0.6 is 11.6 Å². The van der Waals surface area contributed by atoms with Crippen molar-refractivity contribution in [2.75, 3.05) is 6.54 Å². The van der Waals surface area contributed by atoms with Gasteiger partial charge in [-0.25, -0.2) is 4.39 Å². The normalized spacial score (nSPS) is 23.9. The standard InChI is InChI=1S/C12H13ClFNO2/c13-9-3-1-4-10(14)8(9)7-12(11(16)17)5-2-6-15-12/h1,3-4,15H,2,5-7H2,(H,16,17). The Hall–Kier alpha value is -1.13. The predicted molar refractivity (Wildman–Crippen MR) is 62.7 cm³/mol. The molecule has 0 aliphatic carbocycles. The van der Waals surface area contributed by atoms with Crippen molar-refractivity contribution >= 4 is 17.6 Å². The number of halogens is 2. The van der Waals surface area contributed by atoms with E-state index in [4.69, 9.17) is 11.6 Å². The number of aliphatic carboxylic acids is 1. The maximum atomic E-state index is 13.6. The average Bonchev–Trinajstić information content (AvgIpc) is 2.73. The molecule has 1 saturated heterocycles. The molecule has 1 unspecified atom stereocenters. The van der Waals surface area contributed by atoms with Crippen molar-refractivity contribution in [3.05, 3.63) is 34.6 Å². The van der Waals surface area contributed by atoms with E-state index in [2.05, 4.69) is 5.32 Å². The van der Waals surface area contributed by atoms with E-state index in [0.717, 1.165) is 6.42 Å². The van der Waals surface area contributed by atoms with E-state index in [1.165, 1.54) is 12.1 Å². The predicted octanol–water partition coefficient (Wildman–Crippen LogP) is 2.23. The number of hydrogen-bond donors (Lipinski definition) is 2. The summed E-state index contributed by atoms with van der Waals surface area (Å²) in [5.41, 5.74) is -0.808. The highest BCUT2D eigenvalue weighted by Gasteiger charge is 2.42. The van der Waals surface area contributed by atoms with Gasteiger partial charge in [0.05, 0.1) is 0 Å². The molecule has 0 saturated carbocycles.